The highest BCUT2D eigenvalue weighted by atomic mass is 19.1. The maximum absolute atomic E-state index is 14.2. The van der Waals surface area contributed by atoms with Crippen molar-refractivity contribution in [3.05, 3.63) is 24.0 Å². The number of amides is 1. The molecule has 2 heterocycles. The average molecular weight is 352 g/mol. The second-order valence-electron chi connectivity index (χ2n) is 6.23. The Kier molecular flexibility index (Phi) is 5.50. The number of benzene rings is 1. The first-order valence-corrected chi connectivity index (χ1v) is 8.37. The van der Waals surface area contributed by atoms with E-state index in [1.165, 1.54) is 6.07 Å². The van der Waals surface area contributed by atoms with Crippen LogP contribution in [-0.4, -0.2) is 48.4 Å². The number of carboxylic acids is 1. The smallest absolute Gasteiger partial charge is 0.332 e. The minimum atomic E-state index is -1.08. The lowest BCUT2D eigenvalue weighted by Crippen LogP contribution is -2.30. The Labute approximate surface area is 144 Å². The van der Waals surface area contributed by atoms with Crippen molar-refractivity contribution in [1.82, 2.24) is 0 Å². The van der Waals surface area contributed by atoms with E-state index in [-0.39, 0.29) is 12.5 Å². The topological polar surface area (TPSA) is 96.9 Å². The normalized spacial score (nSPS) is 25.7. The Morgan fingerprint density at radius 3 is 2.68 bits per heavy atom. The molecule has 1 aromatic carbocycles. The van der Waals surface area contributed by atoms with Crippen molar-refractivity contribution in [3.63, 3.8) is 0 Å². The van der Waals surface area contributed by atoms with E-state index in [0.717, 1.165) is 19.4 Å². The van der Waals surface area contributed by atoms with E-state index in [1.807, 2.05) is 0 Å². The predicted octanol–water partition coefficient (Wildman–Crippen LogP) is 1.99. The van der Waals surface area contributed by atoms with E-state index in [1.54, 1.807) is 12.1 Å². The fraction of sp³-hybridized carbons (Fsp3) is 0.529. The van der Waals surface area contributed by atoms with Crippen molar-refractivity contribution in [3.8, 4) is 0 Å². The van der Waals surface area contributed by atoms with Crippen LogP contribution in [0.1, 0.15) is 25.7 Å². The quantitative estimate of drug-likeness (QED) is 0.724. The second-order valence-corrected chi connectivity index (χ2v) is 6.23. The minimum Gasteiger partial charge on any atom is -0.479 e. The number of rotatable bonds is 6. The number of carbonyl (C=O) groups excluding carboxylic acids is 1. The Bertz CT molecular complexity index is 648. The number of halogens is 1. The van der Waals surface area contributed by atoms with Gasteiger partial charge in [0.05, 0.1) is 11.8 Å². The van der Waals surface area contributed by atoms with Crippen LogP contribution in [0.15, 0.2) is 18.2 Å². The highest BCUT2D eigenvalue weighted by Gasteiger charge is 2.34. The third-order valence-electron chi connectivity index (χ3n) is 4.37. The van der Waals surface area contributed by atoms with Gasteiger partial charge in [0.15, 0.2) is 6.10 Å². The average Bonchev–Trinajstić information content (AvgIpc) is 3.26. The Morgan fingerprint density at radius 2 is 2.04 bits per heavy atom. The van der Waals surface area contributed by atoms with Gasteiger partial charge in [-0.1, -0.05) is 0 Å². The summed E-state index contributed by atoms with van der Waals surface area (Å²) in [5.41, 5.74) is 0.643. The lowest BCUT2D eigenvalue weighted by atomic mass is 10.2. The van der Waals surface area contributed by atoms with Gasteiger partial charge < -0.3 is 25.2 Å². The number of nitrogens with one attached hydrogen (secondary N) is 2. The van der Waals surface area contributed by atoms with E-state index in [0.29, 0.717) is 24.3 Å². The largest absolute Gasteiger partial charge is 0.479 e. The molecule has 0 aromatic heterocycles. The van der Waals surface area contributed by atoms with Crippen LogP contribution in [0.3, 0.4) is 0 Å². The lowest BCUT2D eigenvalue weighted by Gasteiger charge is -2.14. The summed E-state index contributed by atoms with van der Waals surface area (Å²) in [4.78, 5) is 22.9. The van der Waals surface area contributed by atoms with Crippen LogP contribution in [0.2, 0.25) is 0 Å². The summed E-state index contributed by atoms with van der Waals surface area (Å²) in [7, 11) is 0. The molecule has 0 bridgehead atoms. The molecule has 0 aliphatic carbocycles. The van der Waals surface area contributed by atoms with Crippen LogP contribution >= 0.6 is 0 Å². The zero-order valence-corrected chi connectivity index (χ0v) is 13.7. The van der Waals surface area contributed by atoms with Gasteiger partial charge in [-0.05, 0) is 43.9 Å². The summed E-state index contributed by atoms with van der Waals surface area (Å²) in [6.45, 7) is 1.28. The summed E-state index contributed by atoms with van der Waals surface area (Å²) in [6, 6.07) is 4.36. The zero-order valence-electron chi connectivity index (χ0n) is 13.7. The maximum Gasteiger partial charge on any atom is 0.332 e. The van der Waals surface area contributed by atoms with E-state index < -0.39 is 29.9 Å². The molecule has 0 saturated carbocycles. The SMILES string of the molecule is O=C(Nc1ccc(NCC2CCCO2)c(F)c1)[C@@H]1CC[C@H](C(=O)O)O1. The molecule has 3 N–H and O–H groups in total. The number of hydrogen-bond donors (Lipinski definition) is 3. The molecule has 1 unspecified atom stereocenters. The Morgan fingerprint density at radius 1 is 1.24 bits per heavy atom. The lowest BCUT2D eigenvalue weighted by molar-refractivity contribution is -0.150. The van der Waals surface area contributed by atoms with Crippen molar-refractivity contribution in [2.24, 2.45) is 0 Å². The number of anilines is 2. The zero-order chi connectivity index (χ0) is 17.8. The van der Waals surface area contributed by atoms with Crippen LogP contribution in [0.25, 0.3) is 0 Å². The number of carbonyl (C=O) groups is 2. The summed E-state index contributed by atoms with van der Waals surface area (Å²) in [5.74, 6) is -2.03. The molecule has 0 spiro atoms. The summed E-state index contributed by atoms with van der Waals surface area (Å²) in [5, 5.41) is 14.4. The monoisotopic (exact) mass is 352 g/mol. The molecule has 2 fully saturated rings. The van der Waals surface area contributed by atoms with Gasteiger partial charge in [0.25, 0.3) is 5.91 Å². The third kappa shape index (κ3) is 4.46. The van der Waals surface area contributed by atoms with Gasteiger partial charge in [0.2, 0.25) is 0 Å². The standard InChI is InChI=1S/C17H21FN2O5/c18-12-8-10(3-4-13(12)19-9-11-2-1-7-24-11)20-16(21)14-5-6-15(25-14)17(22)23/h3-4,8,11,14-15,19H,1-2,5-7,9H2,(H,20,21)(H,22,23)/t11?,14-,15+/m0/s1. The summed E-state index contributed by atoms with van der Waals surface area (Å²) < 4.78 is 24.8. The molecule has 0 radical (unpaired) electrons. The number of aliphatic carboxylic acids is 1. The molecule has 3 atom stereocenters. The van der Waals surface area contributed by atoms with Gasteiger partial charge in [0.1, 0.15) is 11.9 Å². The van der Waals surface area contributed by atoms with Gasteiger partial charge >= 0.3 is 5.97 Å². The number of hydrogen-bond acceptors (Lipinski definition) is 5. The first kappa shape index (κ1) is 17.6. The van der Waals surface area contributed by atoms with Crippen molar-refractivity contribution in [1.29, 1.82) is 0 Å². The second kappa shape index (κ2) is 7.79. The van der Waals surface area contributed by atoms with Gasteiger partial charge in [-0.2, -0.15) is 0 Å². The molecule has 1 amide bonds. The fourth-order valence-electron chi connectivity index (χ4n) is 3.00. The van der Waals surface area contributed by atoms with Crippen molar-refractivity contribution >= 4 is 23.3 Å². The molecule has 7 nitrogen and oxygen atoms in total. The van der Waals surface area contributed by atoms with E-state index in [9.17, 15) is 14.0 Å². The highest BCUT2D eigenvalue weighted by Crippen LogP contribution is 2.23. The molecule has 3 rings (SSSR count). The first-order valence-electron chi connectivity index (χ1n) is 8.37. The molecular formula is C17H21FN2O5. The minimum absolute atomic E-state index is 0.0977. The van der Waals surface area contributed by atoms with Crippen molar-refractivity contribution in [2.45, 2.75) is 44.0 Å². The molecule has 25 heavy (non-hydrogen) atoms. The van der Waals surface area contributed by atoms with Crippen molar-refractivity contribution in [2.75, 3.05) is 23.8 Å². The fourth-order valence-corrected chi connectivity index (χ4v) is 3.00. The van der Waals surface area contributed by atoms with Crippen LogP contribution in [0.5, 0.6) is 0 Å². The van der Waals surface area contributed by atoms with E-state index in [2.05, 4.69) is 10.6 Å². The molecule has 136 valence electrons. The Balaban J connectivity index is 1.53. The van der Waals surface area contributed by atoms with Gasteiger partial charge in [-0.15, -0.1) is 0 Å². The van der Waals surface area contributed by atoms with Gasteiger partial charge in [-0.3, -0.25) is 4.79 Å². The Hall–Kier alpha value is -2.19. The molecule has 2 aliphatic heterocycles. The summed E-state index contributed by atoms with van der Waals surface area (Å²) >= 11 is 0. The summed E-state index contributed by atoms with van der Waals surface area (Å²) in [6.07, 6.45) is 0.895. The van der Waals surface area contributed by atoms with E-state index in [4.69, 9.17) is 14.6 Å². The van der Waals surface area contributed by atoms with Crippen LogP contribution < -0.4 is 10.6 Å². The van der Waals surface area contributed by atoms with Crippen molar-refractivity contribution < 1.29 is 28.6 Å². The molecular weight excluding hydrogens is 331 g/mol. The highest BCUT2D eigenvalue weighted by molar-refractivity contribution is 5.95. The number of carboxylic acid groups (broad SMARTS) is 1. The van der Waals surface area contributed by atoms with Gasteiger partial charge in [0, 0.05) is 18.8 Å². The van der Waals surface area contributed by atoms with E-state index >= 15 is 0 Å². The predicted molar refractivity (Wildman–Crippen MR) is 88.0 cm³/mol. The molecule has 2 aliphatic rings. The number of ether oxygens (including phenoxy) is 2. The maximum atomic E-state index is 14.2. The van der Waals surface area contributed by atoms with Crippen LogP contribution in [-0.2, 0) is 19.1 Å². The van der Waals surface area contributed by atoms with Crippen LogP contribution in [0.4, 0.5) is 15.8 Å². The first-order chi connectivity index (χ1) is 12.0. The van der Waals surface area contributed by atoms with Gasteiger partial charge in [-0.25, -0.2) is 9.18 Å². The molecule has 2 saturated heterocycles. The van der Waals surface area contributed by atoms with Crippen LogP contribution in [0, 0.1) is 5.82 Å². The third-order valence-corrected chi connectivity index (χ3v) is 4.37. The molecule has 8 heteroatoms. The molecule has 1 aromatic rings.